The van der Waals surface area contributed by atoms with Gasteiger partial charge < -0.3 is 10.6 Å². The first kappa shape index (κ1) is 13.8. The molecule has 1 amide bonds. The Hall–Kier alpha value is -0.650. The molecule has 1 aromatic carbocycles. The third-order valence-electron chi connectivity index (χ3n) is 2.75. The van der Waals surface area contributed by atoms with Gasteiger partial charge in [0.1, 0.15) is 0 Å². The number of nitrogens with zero attached hydrogens (tertiary/aromatic N) is 1. The highest BCUT2D eigenvalue weighted by Crippen LogP contribution is 2.34. The van der Waals surface area contributed by atoms with Crippen molar-refractivity contribution in [3.8, 4) is 0 Å². The first-order chi connectivity index (χ1) is 8.83. The summed E-state index contributed by atoms with van der Waals surface area (Å²) in [6, 6.07) is 8.13. The smallest absolute Gasteiger partial charge is 0.237 e. The number of benzene rings is 1. The van der Waals surface area contributed by atoms with Gasteiger partial charge in [-0.3, -0.25) is 4.79 Å². The highest BCUT2D eigenvalue weighted by molar-refractivity contribution is 8.00. The predicted octanol–water partition coefficient (Wildman–Crippen LogP) is 2.21. The number of amides is 1. The lowest BCUT2D eigenvalue weighted by molar-refractivity contribution is -0.116. The molecule has 3 nitrogen and oxygen atoms in total. The molecule has 1 aliphatic rings. The average molecular weight is 282 g/mol. The van der Waals surface area contributed by atoms with E-state index in [-0.39, 0.29) is 5.91 Å². The summed E-state index contributed by atoms with van der Waals surface area (Å²) < 4.78 is 0. The summed E-state index contributed by atoms with van der Waals surface area (Å²) in [5.74, 6) is 2.71. The van der Waals surface area contributed by atoms with Crippen LogP contribution in [0.5, 0.6) is 0 Å². The fourth-order valence-corrected chi connectivity index (χ4v) is 3.69. The van der Waals surface area contributed by atoms with Gasteiger partial charge in [0, 0.05) is 17.2 Å². The molecule has 0 saturated heterocycles. The SMILES string of the molecule is NCCCSCC(=O)N1CCSc2ccccc21. The Morgan fingerprint density at radius 3 is 3.11 bits per heavy atom. The summed E-state index contributed by atoms with van der Waals surface area (Å²) in [5, 5.41) is 0. The number of para-hydroxylation sites is 1. The van der Waals surface area contributed by atoms with Gasteiger partial charge >= 0.3 is 0 Å². The van der Waals surface area contributed by atoms with Crippen molar-refractivity contribution in [2.45, 2.75) is 11.3 Å². The topological polar surface area (TPSA) is 46.3 Å². The fraction of sp³-hybridized carbons (Fsp3) is 0.462. The zero-order valence-electron chi connectivity index (χ0n) is 10.3. The van der Waals surface area contributed by atoms with Gasteiger partial charge in [-0.2, -0.15) is 11.8 Å². The Morgan fingerprint density at radius 2 is 2.28 bits per heavy atom. The summed E-state index contributed by atoms with van der Waals surface area (Å²) in [6.45, 7) is 1.52. The number of nitrogens with two attached hydrogens (primary N) is 1. The van der Waals surface area contributed by atoms with Gasteiger partial charge in [-0.25, -0.2) is 0 Å². The van der Waals surface area contributed by atoms with Gasteiger partial charge in [0.2, 0.25) is 5.91 Å². The number of hydrogen-bond donors (Lipinski definition) is 1. The van der Waals surface area contributed by atoms with E-state index in [2.05, 4.69) is 6.07 Å². The molecule has 0 bridgehead atoms. The van der Waals surface area contributed by atoms with E-state index < -0.39 is 0 Å². The second-order valence-corrected chi connectivity index (χ2v) is 6.30. The normalized spacial score (nSPS) is 14.4. The maximum Gasteiger partial charge on any atom is 0.237 e. The van der Waals surface area contributed by atoms with Crippen molar-refractivity contribution in [2.24, 2.45) is 5.73 Å². The van der Waals surface area contributed by atoms with Crippen molar-refractivity contribution >= 4 is 35.1 Å². The van der Waals surface area contributed by atoms with Gasteiger partial charge in [-0.05, 0) is 30.9 Å². The minimum absolute atomic E-state index is 0.213. The molecule has 0 spiro atoms. The van der Waals surface area contributed by atoms with Crippen LogP contribution in [0.1, 0.15) is 6.42 Å². The molecule has 0 atom stereocenters. The summed E-state index contributed by atoms with van der Waals surface area (Å²) in [5.41, 5.74) is 6.51. The van der Waals surface area contributed by atoms with Crippen molar-refractivity contribution in [3.05, 3.63) is 24.3 Å². The number of rotatable bonds is 5. The van der Waals surface area contributed by atoms with Gasteiger partial charge in [-0.15, -0.1) is 11.8 Å². The van der Waals surface area contributed by atoms with E-state index >= 15 is 0 Å². The molecule has 2 rings (SSSR count). The van der Waals surface area contributed by atoms with Crippen LogP contribution >= 0.6 is 23.5 Å². The van der Waals surface area contributed by atoms with Crippen LogP contribution in [0.2, 0.25) is 0 Å². The largest absolute Gasteiger partial charge is 0.330 e. The van der Waals surface area contributed by atoms with Gasteiger partial charge in [0.25, 0.3) is 0 Å². The molecule has 0 fully saturated rings. The predicted molar refractivity (Wildman–Crippen MR) is 80.5 cm³/mol. The van der Waals surface area contributed by atoms with E-state index in [0.717, 1.165) is 30.2 Å². The van der Waals surface area contributed by atoms with Crippen LogP contribution < -0.4 is 10.6 Å². The Labute approximate surface area is 116 Å². The Bertz CT molecular complexity index is 412. The van der Waals surface area contributed by atoms with E-state index in [1.54, 1.807) is 11.8 Å². The lowest BCUT2D eigenvalue weighted by atomic mass is 10.3. The molecule has 0 aromatic heterocycles. The minimum Gasteiger partial charge on any atom is -0.330 e. The van der Waals surface area contributed by atoms with Crippen LogP contribution in [0, 0.1) is 0 Å². The number of thioether (sulfide) groups is 2. The highest BCUT2D eigenvalue weighted by Gasteiger charge is 2.21. The minimum atomic E-state index is 0.213. The number of hydrogen-bond acceptors (Lipinski definition) is 4. The van der Waals surface area contributed by atoms with Crippen LogP contribution in [-0.2, 0) is 4.79 Å². The number of carbonyl (C=O) groups is 1. The molecule has 1 aliphatic heterocycles. The van der Waals surface area contributed by atoms with E-state index in [1.807, 2.05) is 34.9 Å². The van der Waals surface area contributed by atoms with Crippen molar-refractivity contribution in [2.75, 3.05) is 35.2 Å². The third-order valence-corrected chi connectivity index (χ3v) is 4.82. The van der Waals surface area contributed by atoms with E-state index in [9.17, 15) is 4.79 Å². The molecule has 0 unspecified atom stereocenters. The van der Waals surface area contributed by atoms with Crippen LogP contribution in [0.3, 0.4) is 0 Å². The molecular weight excluding hydrogens is 264 g/mol. The summed E-state index contributed by atoms with van der Waals surface area (Å²) >= 11 is 3.50. The molecule has 0 radical (unpaired) electrons. The first-order valence-electron chi connectivity index (χ1n) is 6.13. The van der Waals surface area contributed by atoms with E-state index in [4.69, 9.17) is 5.73 Å². The van der Waals surface area contributed by atoms with Crippen LogP contribution in [0.25, 0.3) is 0 Å². The first-order valence-corrected chi connectivity index (χ1v) is 8.27. The van der Waals surface area contributed by atoms with Crippen molar-refractivity contribution in [3.63, 3.8) is 0 Å². The fourth-order valence-electron chi connectivity index (χ4n) is 1.85. The molecule has 5 heteroatoms. The number of fused-ring (bicyclic) bond motifs is 1. The van der Waals surface area contributed by atoms with E-state index in [1.165, 1.54) is 4.90 Å². The molecule has 1 aromatic rings. The van der Waals surface area contributed by atoms with Crippen LogP contribution in [0.15, 0.2) is 29.2 Å². The number of carbonyl (C=O) groups excluding carboxylic acids is 1. The molecule has 18 heavy (non-hydrogen) atoms. The second-order valence-electron chi connectivity index (χ2n) is 4.06. The van der Waals surface area contributed by atoms with Gasteiger partial charge in [0.05, 0.1) is 11.4 Å². The zero-order valence-corrected chi connectivity index (χ0v) is 11.9. The quantitative estimate of drug-likeness (QED) is 0.841. The molecule has 2 N–H and O–H groups in total. The Kier molecular flexibility index (Phi) is 5.41. The second kappa shape index (κ2) is 7.07. The molecule has 1 heterocycles. The lowest BCUT2D eigenvalue weighted by Gasteiger charge is -2.28. The third kappa shape index (κ3) is 3.43. The maximum atomic E-state index is 12.2. The monoisotopic (exact) mass is 282 g/mol. The maximum absolute atomic E-state index is 12.2. The van der Waals surface area contributed by atoms with Gasteiger partial charge in [-0.1, -0.05) is 12.1 Å². The standard InChI is InChI=1S/C13H18N2OS2/c14-6-3-8-17-10-13(16)15-7-9-18-12-5-2-1-4-11(12)15/h1-2,4-5H,3,6-10,14H2. The zero-order chi connectivity index (χ0) is 12.8. The van der Waals surface area contributed by atoms with Gasteiger partial charge in [0.15, 0.2) is 0 Å². The van der Waals surface area contributed by atoms with Crippen LogP contribution in [0.4, 0.5) is 5.69 Å². The highest BCUT2D eigenvalue weighted by atomic mass is 32.2. The molecule has 0 aliphatic carbocycles. The molecule has 0 saturated carbocycles. The average Bonchev–Trinajstić information content (AvgIpc) is 2.43. The van der Waals surface area contributed by atoms with Crippen molar-refractivity contribution in [1.82, 2.24) is 0 Å². The van der Waals surface area contributed by atoms with Crippen LogP contribution in [-0.4, -0.2) is 36.3 Å². The van der Waals surface area contributed by atoms with E-state index in [0.29, 0.717) is 12.3 Å². The number of anilines is 1. The summed E-state index contributed by atoms with van der Waals surface area (Å²) in [7, 11) is 0. The Morgan fingerprint density at radius 1 is 1.44 bits per heavy atom. The van der Waals surface area contributed by atoms with Crippen molar-refractivity contribution < 1.29 is 4.79 Å². The molecular formula is C13H18N2OS2. The Balaban J connectivity index is 1.95. The van der Waals surface area contributed by atoms with Crippen molar-refractivity contribution in [1.29, 1.82) is 0 Å². The summed E-state index contributed by atoms with van der Waals surface area (Å²) in [4.78, 5) is 15.3. The lowest BCUT2D eigenvalue weighted by Crippen LogP contribution is -2.36. The summed E-state index contributed by atoms with van der Waals surface area (Å²) in [6.07, 6.45) is 0.977. The molecule has 98 valence electrons.